The van der Waals surface area contributed by atoms with E-state index in [2.05, 4.69) is 10.3 Å². The molecule has 0 aliphatic carbocycles. The second kappa shape index (κ2) is 8.56. The van der Waals surface area contributed by atoms with Crippen LogP contribution in [0.5, 0.6) is 0 Å². The number of anilines is 1. The minimum absolute atomic E-state index is 0.0223. The van der Waals surface area contributed by atoms with E-state index in [1.165, 1.54) is 0 Å². The van der Waals surface area contributed by atoms with E-state index in [9.17, 15) is 9.59 Å². The number of amides is 3. The summed E-state index contributed by atoms with van der Waals surface area (Å²) in [6, 6.07) is 22.5. The molecule has 2 heterocycles. The number of piperazine rings is 1. The summed E-state index contributed by atoms with van der Waals surface area (Å²) in [6.07, 6.45) is 1.74. The normalized spacial score (nSPS) is 13.8. The minimum Gasteiger partial charge on any atom is -0.335 e. The zero-order chi connectivity index (χ0) is 20.1. The second-order valence-electron chi connectivity index (χ2n) is 6.87. The summed E-state index contributed by atoms with van der Waals surface area (Å²) in [5, 5.41) is 2.89. The summed E-state index contributed by atoms with van der Waals surface area (Å²) in [7, 11) is 0. The molecule has 4 rings (SSSR count). The van der Waals surface area contributed by atoms with E-state index < -0.39 is 0 Å². The van der Waals surface area contributed by atoms with Gasteiger partial charge in [-0.05, 0) is 36.4 Å². The maximum absolute atomic E-state index is 12.9. The van der Waals surface area contributed by atoms with E-state index >= 15 is 0 Å². The first-order chi connectivity index (χ1) is 14.2. The number of carbonyl (C=O) groups is 2. The predicted octanol–water partition coefficient (Wildman–Crippen LogP) is 3.74. The molecule has 0 spiro atoms. The maximum atomic E-state index is 12.9. The van der Waals surface area contributed by atoms with E-state index in [0.29, 0.717) is 31.7 Å². The Morgan fingerprint density at radius 1 is 0.793 bits per heavy atom. The average molecular weight is 386 g/mol. The van der Waals surface area contributed by atoms with Crippen molar-refractivity contribution < 1.29 is 9.59 Å². The molecule has 1 aromatic heterocycles. The van der Waals surface area contributed by atoms with E-state index in [-0.39, 0.29) is 11.9 Å². The molecule has 146 valence electrons. The molecule has 3 aromatic rings. The fraction of sp³-hybridized carbons (Fsp3) is 0.174. The van der Waals surface area contributed by atoms with Gasteiger partial charge in [-0.15, -0.1) is 0 Å². The van der Waals surface area contributed by atoms with E-state index in [0.717, 1.165) is 16.9 Å². The molecule has 0 saturated carbocycles. The van der Waals surface area contributed by atoms with Crippen LogP contribution in [0.2, 0.25) is 0 Å². The number of hydrogen-bond donors (Lipinski definition) is 1. The Labute approximate surface area is 169 Å². The maximum Gasteiger partial charge on any atom is 0.321 e. The number of pyridine rings is 1. The molecule has 1 fully saturated rings. The molecule has 0 bridgehead atoms. The summed E-state index contributed by atoms with van der Waals surface area (Å²) in [5.74, 6) is -0.0223. The number of carbonyl (C=O) groups excluding carboxylic acids is 2. The summed E-state index contributed by atoms with van der Waals surface area (Å²) in [6.45, 7) is 2.03. The van der Waals surface area contributed by atoms with Crippen LogP contribution in [0.3, 0.4) is 0 Å². The van der Waals surface area contributed by atoms with Gasteiger partial charge in [-0.1, -0.05) is 36.4 Å². The first-order valence-electron chi connectivity index (χ1n) is 9.62. The lowest BCUT2D eigenvalue weighted by Gasteiger charge is -2.34. The number of rotatable bonds is 3. The summed E-state index contributed by atoms with van der Waals surface area (Å²) in [5.41, 5.74) is 3.15. The molecule has 0 radical (unpaired) electrons. The van der Waals surface area contributed by atoms with Gasteiger partial charge in [0.15, 0.2) is 0 Å². The molecule has 29 heavy (non-hydrogen) atoms. The molecule has 3 amide bonds. The van der Waals surface area contributed by atoms with Gasteiger partial charge in [0.25, 0.3) is 5.91 Å². The van der Waals surface area contributed by atoms with Gasteiger partial charge in [-0.25, -0.2) is 4.79 Å². The lowest BCUT2D eigenvalue weighted by atomic mass is 10.1. The lowest BCUT2D eigenvalue weighted by Crippen LogP contribution is -2.51. The highest BCUT2D eigenvalue weighted by Crippen LogP contribution is 2.19. The van der Waals surface area contributed by atoms with Crippen molar-refractivity contribution >= 4 is 17.6 Å². The third-order valence-corrected chi connectivity index (χ3v) is 4.95. The van der Waals surface area contributed by atoms with Crippen LogP contribution in [0.25, 0.3) is 11.3 Å². The van der Waals surface area contributed by atoms with Crippen molar-refractivity contribution in [2.24, 2.45) is 0 Å². The highest BCUT2D eigenvalue weighted by Gasteiger charge is 2.25. The quantitative estimate of drug-likeness (QED) is 0.746. The largest absolute Gasteiger partial charge is 0.335 e. The highest BCUT2D eigenvalue weighted by atomic mass is 16.2. The Kier molecular flexibility index (Phi) is 5.52. The first-order valence-corrected chi connectivity index (χ1v) is 9.62. The van der Waals surface area contributed by atoms with Crippen molar-refractivity contribution in [3.63, 3.8) is 0 Å². The lowest BCUT2D eigenvalue weighted by molar-refractivity contribution is 0.0672. The standard InChI is InChI=1S/C23H22N4O2/c28-22(19-8-6-7-18(17-19)21-11-4-5-12-24-21)26-13-15-27(16-14-26)23(29)25-20-9-2-1-3-10-20/h1-12,17H,13-16H2,(H,25,29). The van der Waals surface area contributed by atoms with Crippen molar-refractivity contribution in [3.05, 3.63) is 84.6 Å². The van der Waals surface area contributed by atoms with Crippen LogP contribution in [0.4, 0.5) is 10.5 Å². The predicted molar refractivity (Wildman–Crippen MR) is 113 cm³/mol. The fourth-order valence-electron chi connectivity index (χ4n) is 3.36. The van der Waals surface area contributed by atoms with E-state index in [4.69, 9.17) is 0 Å². The van der Waals surface area contributed by atoms with E-state index in [1.807, 2.05) is 72.8 Å². The fourth-order valence-corrected chi connectivity index (χ4v) is 3.36. The van der Waals surface area contributed by atoms with E-state index in [1.54, 1.807) is 16.0 Å². The molecule has 1 aliphatic rings. The third kappa shape index (κ3) is 4.43. The number of nitrogens with zero attached hydrogens (tertiary/aromatic N) is 3. The molecule has 0 unspecified atom stereocenters. The zero-order valence-electron chi connectivity index (χ0n) is 16.0. The Hall–Kier alpha value is -3.67. The molecule has 0 atom stereocenters. The van der Waals surface area contributed by atoms with Crippen LogP contribution in [-0.4, -0.2) is 52.9 Å². The van der Waals surface area contributed by atoms with Crippen LogP contribution in [0.1, 0.15) is 10.4 Å². The smallest absolute Gasteiger partial charge is 0.321 e. The second-order valence-corrected chi connectivity index (χ2v) is 6.87. The number of hydrogen-bond acceptors (Lipinski definition) is 3. The topological polar surface area (TPSA) is 65.5 Å². The summed E-state index contributed by atoms with van der Waals surface area (Å²) < 4.78 is 0. The van der Waals surface area contributed by atoms with Gasteiger partial charge < -0.3 is 15.1 Å². The summed E-state index contributed by atoms with van der Waals surface area (Å²) in [4.78, 5) is 33.2. The minimum atomic E-state index is -0.138. The molecule has 6 nitrogen and oxygen atoms in total. The van der Waals surface area contributed by atoms with Gasteiger partial charge in [-0.2, -0.15) is 0 Å². The molecule has 6 heteroatoms. The number of benzene rings is 2. The summed E-state index contributed by atoms with van der Waals surface area (Å²) >= 11 is 0. The Balaban J connectivity index is 1.37. The molecular formula is C23H22N4O2. The Morgan fingerprint density at radius 3 is 2.24 bits per heavy atom. The van der Waals surface area contributed by atoms with Gasteiger partial charge in [0.1, 0.15) is 0 Å². The monoisotopic (exact) mass is 386 g/mol. The molecule has 1 saturated heterocycles. The van der Waals surface area contributed by atoms with Crippen LogP contribution in [0, 0.1) is 0 Å². The van der Waals surface area contributed by atoms with Crippen molar-refractivity contribution in [1.82, 2.24) is 14.8 Å². The Morgan fingerprint density at radius 2 is 1.52 bits per heavy atom. The van der Waals surface area contributed by atoms with Gasteiger partial charge in [-0.3, -0.25) is 9.78 Å². The zero-order valence-corrected chi connectivity index (χ0v) is 16.0. The van der Waals surface area contributed by atoms with Gasteiger partial charge in [0, 0.05) is 49.2 Å². The Bertz CT molecular complexity index is 984. The van der Waals surface area contributed by atoms with Gasteiger partial charge >= 0.3 is 6.03 Å². The molecule has 1 N–H and O–H groups in total. The average Bonchev–Trinajstić information content (AvgIpc) is 2.80. The molecule has 1 aliphatic heterocycles. The van der Waals surface area contributed by atoms with Crippen LogP contribution >= 0.6 is 0 Å². The molecular weight excluding hydrogens is 364 g/mol. The highest BCUT2D eigenvalue weighted by molar-refractivity contribution is 5.96. The van der Waals surface area contributed by atoms with Gasteiger partial charge in [0.2, 0.25) is 0 Å². The molecule has 2 aromatic carbocycles. The number of urea groups is 1. The van der Waals surface area contributed by atoms with Crippen LogP contribution < -0.4 is 5.32 Å². The van der Waals surface area contributed by atoms with Crippen molar-refractivity contribution in [2.75, 3.05) is 31.5 Å². The van der Waals surface area contributed by atoms with Crippen LogP contribution in [0.15, 0.2) is 79.0 Å². The number of aromatic nitrogens is 1. The number of para-hydroxylation sites is 1. The first kappa shape index (κ1) is 18.7. The van der Waals surface area contributed by atoms with Crippen LogP contribution in [-0.2, 0) is 0 Å². The number of nitrogens with one attached hydrogen (secondary N) is 1. The van der Waals surface area contributed by atoms with Gasteiger partial charge in [0.05, 0.1) is 5.69 Å². The third-order valence-electron chi connectivity index (χ3n) is 4.95. The SMILES string of the molecule is O=C(Nc1ccccc1)N1CCN(C(=O)c2cccc(-c3ccccn3)c2)CC1. The van der Waals surface area contributed by atoms with Crippen molar-refractivity contribution in [1.29, 1.82) is 0 Å². The van der Waals surface area contributed by atoms with Crippen molar-refractivity contribution in [3.8, 4) is 11.3 Å². The van der Waals surface area contributed by atoms with Crippen molar-refractivity contribution in [2.45, 2.75) is 0 Å².